The molecule has 0 bridgehead atoms. The van der Waals surface area contributed by atoms with Gasteiger partial charge >= 0.3 is 0 Å². The van der Waals surface area contributed by atoms with Gasteiger partial charge in [0.1, 0.15) is 0 Å². The van der Waals surface area contributed by atoms with E-state index in [-0.39, 0.29) is 11.8 Å². The van der Waals surface area contributed by atoms with Gasteiger partial charge in [0.05, 0.1) is 17.0 Å². The lowest BCUT2D eigenvalue weighted by molar-refractivity contribution is -0.125. The molecule has 1 amide bonds. The number of nitrogens with zero attached hydrogens (tertiary/aromatic N) is 3. The second-order valence-electron chi connectivity index (χ2n) is 6.57. The lowest BCUT2D eigenvalue weighted by atomic mass is 9.97. The average Bonchev–Trinajstić information content (AvgIpc) is 3.04. The van der Waals surface area contributed by atoms with Crippen molar-refractivity contribution in [2.75, 3.05) is 38.3 Å². The number of piperidine rings is 1. The normalized spacial score (nSPS) is 17.8. The number of ether oxygens (including phenoxy) is 1. The Labute approximate surface area is 149 Å². The predicted octanol–water partition coefficient (Wildman–Crippen LogP) is 2.43. The zero-order chi connectivity index (χ0) is 17.6. The van der Waals surface area contributed by atoms with E-state index >= 15 is 0 Å². The first-order valence-corrected chi connectivity index (χ1v) is 9.21. The molecule has 2 heterocycles. The minimum Gasteiger partial charge on any atom is -0.385 e. The zero-order valence-electron chi connectivity index (χ0n) is 15.2. The molecule has 0 spiro atoms. The van der Waals surface area contributed by atoms with Crippen molar-refractivity contribution >= 4 is 22.9 Å². The molecule has 1 aromatic heterocycles. The van der Waals surface area contributed by atoms with Crippen molar-refractivity contribution in [3.05, 3.63) is 24.3 Å². The Bertz CT molecular complexity index is 713. The number of methoxy groups -OCH3 is 1. The van der Waals surface area contributed by atoms with E-state index in [2.05, 4.69) is 33.8 Å². The van der Waals surface area contributed by atoms with Crippen LogP contribution in [0.4, 0.5) is 5.95 Å². The largest absolute Gasteiger partial charge is 0.385 e. The van der Waals surface area contributed by atoms with Gasteiger partial charge in [0.2, 0.25) is 11.9 Å². The van der Waals surface area contributed by atoms with E-state index in [0.717, 1.165) is 55.9 Å². The Kier molecular flexibility index (Phi) is 5.91. The van der Waals surface area contributed by atoms with Crippen LogP contribution in [0.5, 0.6) is 0 Å². The number of hydrogen-bond donors (Lipinski definition) is 1. The van der Waals surface area contributed by atoms with Crippen molar-refractivity contribution in [1.82, 2.24) is 14.9 Å². The first-order valence-electron chi connectivity index (χ1n) is 9.21. The standard InChI is InChI=1S/C19H28N4O2/c1-3-23-17-10-5-4-9-16(17)21-19(23)22-12-6-8-15(14-22)18(24)20-11-7-13-25-2/h4-5,9-10,15H,3,6-8,11-14H2,1-2H3,(H,20,24)/t15-/m0/s1. The molecule has 6 nitrogen and oxygen atoms in total. The molecule has 3 rings (SSSR count). The number of imidazole rings is 1. The highest BCUT2D eigenvalue weighted by molar-refractivity contribution is 5.81. The maximum absolute atomic E-state index is 12.5. The molecule has 136 valence electrons. The third-order valence-corrected chi connectivity index (χ3v) is 4.85. The van der Waals surface area contributed by atoms with Crippen molar-refractivity contribution in [2.45, 2.75) is 32.7 Å². The van der Waals surface area contributed by atoms with Crippen LogP contribution >= 0.6 is 0 Å². The Balaban J connectivity index is 1.70. The number of hydrogen-bond acceptors (Lipinski definition) is 4. The van der Waals surface area contributed by atoms with Crippen LogP contribution in [0.15, 0.2) is 24.3 Å². The number of rotatable bonds is 7. The molecular formula is C19H28N4O2. The van der Waals surface area contributed by atoms with E-state index in [4.69, 9.17) is 9.72 Å². The van der Waals surface area contributed by atoms with Crippen molar-refractivity contribution in [3.8, 4) is 0 Å². The summed E-state index contributed by atoms with van der Waals surface area (Å²) in [6.45, 7) is 6.06. The quantitative estimate of drug-likeness (QED) is 0.784. The van der Waals surface area contributed by atoms with Gasteiger partial charge in [0, 0.05) is 39.9 Å². The van der Waals surface area contributed by atoms with Crippen molar-refractivity contribution in [2.24, 2.45) is 5.92 Å². The Hall–Kier alpha value is -2.08. The Morgan fingerprint density at radius 3 is 3.04 bits per heavy atom. The summed E-state index contributed by atoms with van der Waals surface area (Å²) >= 11 is 0. The van der Waals surface area contributed by atoms with Crippen LogP contribution in [-0.2, 0) is 16.1 Å². The van der Waals surface area contributed by atoms with Crippen molar-refractivity contribution < 1.29 is 9.53 Å². The highest BCUT2D eigenvalue weighted by atomic mass is 16.5. The van der Waals surface area contributed by atoms with Crippen LogP contribution < -0.4 is 10.2 Å². The molecule has 1 aliphatic heterocycles. The second-order valence-corrected chi connectivity index (χ2v) is 6.57. The number of carbonyl (C=O) groups is 1. The summed E-state index contributed by atoms with van der Waals surface area (Å²) in [5.41, 5.74) is 2.18. The molecule has 25 heavy (non-hydrogen) atoms. The summed E-state index contributed by atoms with van der Waals surface area (Å²) in [7, 11) is 1.68. The molecule has 1 N–H and O–H groups in total. The van der Waals surface area contributed by atoms with Gasteiger partial charge in [-0.05, 0) is 38.3 Å². The fraction of sp³-hybridized carbons (Fsp3) is 0.579. The molecule has 1 fully saturated rings. The van der Waals surface area contributed by atoms with E-state index < -0.39 is 0 Å². The maximum atomic E-state index is 12.5. The third kappa shape index (κ3) is 3.95. The van der Waals surface area contributed by atoms with Gasteiger partial charge in [0.25, 0.3) is 0 Å². The summed E-state index contributed by atoms with van der Waals surface area (Å²) in [5, 5.41) is 3.04. The van der Waals surface area contributed by atoms with Gasteiger partial charge in [-0.15, -0.1) is 0 Å². The summed E-state index contributed by atoms with van der Waals surface area (Å²) < 4.78 is 7.27. The maximum Gasteiger partial charge on any atom is 0.224 e. The lowest BCUT2D eigenvalue weighted by Crippen LogP contribution is -2.44. The molecule has 1 aliphatic rings. The van der Waals surface area contributed by atoms with Gasteiger partial charge in [0.15, 0.2) is 0 Å². The molecule has 0 unspecified atom stereocenters. The zero-order valence-corrected chi connectivity index (χ0v) is 15.2. The lowest BCUT2D eigenvalue weighted by Gasteiger charge is -2.33. The van der Waals surface area contributed by atoms with E-state index in [1.54, 1.807) is 7.11 Å². The predicted molar refractivity (Wildman–Crippen MR) is 99.8 cm³/mol. The van der Waals surface area contributed by atoms with Crippen LogP contribution in [0.25, 0.3) is 11.0 Å². The van der Waals surface area contributed by atoms with Crippen molar-refractivity contribution in [1.29, 1.82) is 0 Å². The second kappa shape index (κ2) is 8.34. The van der Waals surface area contributed by atoms with Gasteiger partial charge in [-0.1, -0.05) is 12.1 Å². The van der Waals surface area contributed by atoms with Crippen LogP contribution in [0, 0.1) is 5.92 Å². The summed E-state index contributed by atoms with van der Waals surface area (Å²) in [5.74, 6) is 1.17. The summed E-state index contributed by atoms with van der Waals surface area (Å²) in [4.78, 5) is 19.6. The van der Waals surface area contributed by atoms with Gasteiger partial charge in [-0.2, -0.15) is 0 Å². The molecule has 6 heteroatoms. The fourth-order valence-corrected chi connectivity index (χ4v) is 3.56. The number of nitrogens with one attached hydrogen (secondary N) is 1. The fourth-order valence-electron chi connectivity index (χ4n) is 3.56. The Morgan fingerprint density at radius 1 is 1.40 bits per heavy atom. The summed E-state index contributed by atoms with van der Waals surface area (Å²) in [6, 6.07) is 8.23. The van der Waals surface area contributed by atoms with Crippen LogP contribution in [0.3, 0.4) is 0 Å². The average molecular weight is 344 g/mol. The van der Waals surface area contributed by atoms with Crippen LogP contribution in [0.2, 0.25) is 0 Å². The minimum atomic E-state index is 0.0291. The molecule has 0 aliphatic carbocycles. The van der Waals surface area contributed by atoms with E-state index in [9.17, 15) is 4.79 Å². The molecule has 1 atom stereocenters. The molecular weight excluding hydrogens is 316 g/mol. The monoisotopic (exact) mass is 344 g/mol. The van der Waals surface area contributed by atoms with Gasteiger partial charge < -0.3 is 19.5 Å². The number of para-hydroxylation sites is 2. The molecule has 2 aromatic rings. The number of aromatic nitrogens is 2. The van der Waals surface area contributed by atoms with E-state index in [0.29, 0.717) is 13.2 Å². The first kappa shape index (κ1) is 17.7. The SMILES string of the molecule is CCn1c(N2CCC[C@H](C(=O)NCCCOC)C2)nc2ccccc21. The highest BCUT2D eigenvalue weighted by Gasteiger charge is 2.28. The number of anilines is 1. The van der Waals surface area contributed by atoms with Crippen molar-refractivity contribution in [3.63, 3.8) is 0 Å². The number of benzene rings is 1. The van der Waals surface area contributed by atoms with Crippen LogP contribution in [0.1, 0.15) is 26.2 Å². The topological polar surface area (TPSA) is 59.4 Å². The molecule has 1 aromatic carbocycles. The smallest absolute Gasteiger partial charge is 0.224 e. The minimum absolute atomic E-state index is 0.0291. The third-order valence-electron chi connectivity index (χ3n) is 4.85. The molecule has 1 saturated heterocycles. The molecule has 0 radical (unpaired) electrons. The van der Waals surface area contributed by atoms with E-state index in [1.807, 2.05) is 12.1 Å². The summed E-state index contributed by atoms with van der Waals surface area (Å²) in [6.07, 6.45) is 2.81. The first-order chi connectivity index (χ1) is 12.2. The van der Waals surface area contributed by atoms with Gasteiger partial charge in [-0.25, -0.2) is 4.98 Å². The van der Waals surface area contributed by atoms with Gasteiger partial charge in [-0.3, -0.25) is 4.79 Å². The molecule has 0 saturated carbocycles. The van der Waals surface area contributed by atoms with Crippen LogP contribution in [-0.4, -0.2) is 48.8 Å². The van der Waals surface area contributed by atoms with E-state index in [1.165, 1.54) is 0 Å². The number of amides is 1. The highest BCUT2D eigenvalue weighted by Crippen LogP contribution is 2.27. The number of aryl methyl sites for hydroxylation is 1. The number of carbonyl (C=O) groups excluding carboxylic acids is 1. The Morgan fingerprint density at radius 2 is 2.24 bits per heavy atom. The number of fused-ring (bicyclic) bond motifs is 1.